The Balaban J connectivity index is 1.38. The molecule has 3 fully saturated rings. The van der Waals surface area contributed by atoms with Gasteiger partial charge in [-0.05, 0) is 50.7 Å². The monoisotopic (exact) mass is 444 g/mol. The predicted octanol–water partition coefficient (Wildman–Crippen LogP) is 1.83. The summed E-state index contributed by atoms with van der Waals surface area (Å²) in [6.45, 7) is 3.80. The molecule has 3 saturated heterocycles. The number of hydrogen-bond acceptors (Lipinski definition) is 6. The van der Waals surface area contributed by atoms with Crippen molar-refractivity contribution < 1.29 is 19.5 Å². The summed E-state index contributed by atoms with van der Waals surface area (Å²) in [7, 11) is 0. The minimum atomic E-state index is -1.00. The van der Waals surface area contributed by atoms with Crippen LogP contribution in [0.2, 0.25) is 0 Å². The lowest BCUT2D eigenvalue weighted by atomic mass is 9.96. The van der Waals surface area contributed by atoms with E-state index in [2.05, 4.69) is 15.2 Å². The summed E-state index contributed by atoms with van der Waals surface area (Å²) in [5.41, 5.74) is 6.57. The van der Waals surface area contributed by atoms with Gasteiger partial charge in [0.1, 0.15) is 11.6 Å². The molecule has 2 unspecified atom stereocenters. The topological polar surface area (TPSA) is 132 Å². The molecule has 1 aromatic rings. The lowest BCUT2D eigenvalue weighted by Crippen LogP contribution is -2.44. The van der Waals surface area contributed by atoms with E-state index in [-0.39, 0.29) is 30.1 Å². The highest BCUT2D eigenvalue weighted by Gasteiger charge is 2.32. The zero-order chi connectivity index (χ0) is 22.7. The number of nitrogens with two attached hydrogens (primary N) is 1. The summed E-state index contributed by atoms with van der Waals surface area (Å²) in [5, 5.41) is 12.0. The van der Waals surface area contributed by atoms with Gasteiger partial charge >= 0.3 is 6.09 Å². The molecule has 174 valence electrons. The van der Waals surface area contributed by atoms with Crippen molar-refractivity contribution in [2.45, 2.75) is 38.5 Å². The highest BCUT2D eigenvalue weighted by atomic mass is 16.4. The summed E-state index contributed by atoms with van der Waals surface area (Å²) in [6, 6.07) is 3.55. The van der Waals surface area contributed by atoms with Crippen LogP contribution in [0.1, 0.15) is 38.5 Å². The molecule has 0 bridgehead atoms. The average molecular weight is 445 g/mol. The fraction of sp³-hybridized carbons (Fsp3) is 0.636. The van der Waals surface area contributed by atoms with Gasteiger partial charge in [0.05, 0.1) is 17.5 Å². The first kappa shape index (κ1) is 22.2. The zero-order valence-corrected chi connectivity index (χ0v) is 18.3. The molecule has 4 N–H and O–H groups in total. The number of amides is 3. The van der Waals surface area contributed by atoms with Crippen molar-refractivity contribution in [3.8, 4) is 0 Å². The number of hydrogen-bond donors (Lipinski definition) is 3. The average Bonchev–Trinajstić information content (AvgIpc) is 3.35. The number of rotatable bonds is 4. The van der Waals surface area contributed by atoms with Gasteiger partial charge in [-0.25, -0.2) is 9.78 Å². The Morgan fingerprint density at radius 2 is 1.62 bits per heavy atom. The van der Waals surface area contributed by atoms with Gasteiger partial charge in [-0.15, -0.1) is 0 Å². The SMILES string of the molecule is Nc1nc(N2CCCC(C(=O)N3CCCC3)C2)ccc1NC(=O)C1CCCN(C(=O)O)C1. The quantitative estimate of drug-likeness (QED) is 0.645. The van der Waals surface area contributed by atoms with Gasteiger partial charge in [0, 0.05) is 39.3 Å². The van der Waals surface area contributed by atoms with E-state index < -0.39 is 12.0 Å². The molecule has 4 heterocycles. The Morgan fingerprint density at radius 3 is 2.34 bits per heavy atom. The van der Waals surface area contributed by atoms with E-state index in [1.165, 1.54) is 4.90 Å². The lowest BCUT2D eigenvalue weighted by molar-refractivity contribution is -0.134. The minimum absolute atomic E-state index is 0.0206. The highest BCUT2D eigenvalue weighted by Crippen LogP contribution is 2.28. The van der Waals surface area contributed by atoms with E-state index in [4.69, 9.17) is 5.73 Å². The zero-order valence-electron chi connectivity index (χ0n) is 18.3. The molecule has 1 aromatic heterocycles. The Hall–Kier alpha value is -3.04. The van der Waals surface area contributed by atoms with Crippen LogP contribution in [0.4, 0.5) is 22.1 Å². The second kappa shape index (κ2) is 9.62. The molecular formula is C22H32N6O4. The van der Waals surface area contributed by atoms with E-state index in [1.807, 2.05) is 11.0 Å². The maximum atomic E-state index is 12.8. The summed E-state index contributed by atoms with van der Waals surface area (Å²) in [6.07, 6.45) is 4.28. The van der Waals surface area contributed by atoms with Crippen LogP contribution in [0, 0.1) is 11.8 Å². The third-order valence-electron chi connectivity index (χ3n) is 6.74. The molecule has 0 radical (unpaired) electrons. The van der Waals surface area contributed by atoms with Crippen molar-refractivity contribution >= 4 is 35.2 Å². The maximum Gasteiger partial charge on any atom is 0.407 e. The summed E-state index contributed by atoms with van der Waals surface area (Å²) >= 11 is 0. The third kappa shape index (κ3) is 4.89. The molecule has 3 aliphatic rings. The Bertz CT molecular complexity index is 872. The van der Waals surface area contributed by atoms with Crippen LogP contribution >= 0.6 is 0 Å². The smallest absolute Gasteiger partial charge is 0.407 e. The second-order valence-electron chi connectivity index (χ2n) is 8.98. The number of nitrogens with one attached hydrogen (secondary N) is 1. The van der Waals surface area contributed by atoms with E-state index in [0.29, 0.717) is 37.4 Å². The molecule has 0 spiro atoms. The van der Waals surface area contributed by atoms with Crippen molar-refractivity contribution in [1.29, 1.82) is 0 Å². The van der Waals surface area contributed by atoms with Crippen molar-refractivity contribution in [3.05, 3.63) is 12.1 Å². The normalized spacial score (nSPS) is 23.8. The van der Waals surface area contributed by atoms with Crippen molar-refractivity contribution in [2.75, 3.05) is 55.2 Å². The van der Waals surface area contributed by atoms with Gasteiger partial charge in [0.2, 0.25) is 11.8 Å². The second-order valence-corrected chi connectivity index (χ2v) is 8.98. The molecule has 3 amide bonds. The lowest BCUT2D eigenvalue weighted by Gasteiger charge is -2.34. The van der Waals surface area contributed by atoms with Gasteiger partial charge in [0.15, 0.2) is 0 Å². The van der Waals surface area contributed by atoms with Crippen molar-refractivity contribution in [2.24, 2.45) is 11.8 Å². The van der Waals surface area contributed by atoms with Gasteiger partial charge < -0.3 is 30.9 Å². The molecule has 0 aromatic carbocycles. The van der Waals surface area contributed by atoms with Crippen LogP contribution in [0.3, 0.4) is 0 Å². The van der Waals surface area contributed by atoms with Gasteiger partial charge in [-0.1, -0.05) is 0 Å². The van der Waals surface area contributed by atoms with Gasteiger partial charge in [-0.3, -0.25) is 9.59 Å². The number of nitrogens with zero attached hydrogens (tertiary/aromatic N) is 4. The molecule has 4 rings (SSSR count). The summed E-state index contributed by atoms with van der Waals surface area (Å²) in [4.78, 5) is 46.5. The molecular weight excluding hydrogens is 412 g/mol. The third-order valence-corrected chi connectivity index (χ3v) is 6.74. The van der Waals surface area contributed by atoms with E-state index >= 15 is 0 Å². The van der Waals surface area contributed by atoms with Crippen molar-refractivity contribution in [1.82, 2.24) is 14.8 Å². The molecule has 0 saturated carbocycles. The van der Waals surface area contributed by atoms with Crippen LogP contribution in [-0.2, 0) is 9.59 Å². The fourth-order valence-corrected chi connectivity index (χ4v) is 4.93. The number of pyridine rings is 1. The predicted molar refractivity (Wildman–Crippen MR) is 120 cm³/mol. The Morgan fingerprint density at radius 1 is 0.938 bits per heavy atom. The number of piperidine rings is 2. The largest absolute Gasteiger partial charge is 0.465 e. The molecule has 3 aliphatic heterocycles. The number of carboxylic acid groups (broad SMARTS) is 1. The minimum Gasteiger partial charge on any atom is -0.465 e. The summed E-state index contributed by atoms with van der Waals surface area (Å²) in [5.74, 6) is 0.494. The number of carbonyl (C=O) groups is 3. The Labute approximate surface area is 187 Å². The van der Waals surface area contributed by atoms with Crippen molar-refractivity contribution in [3.63, 3.8) is 0 Å². The molecule has 32 heavy (non-hydrogen) atoms. The van der Waals surface area contributed by atoms with E-state index in [9.17, 15) is 19.5 Å². The van der Waals surface area contributed by atoms with Crippen LogP contribution in [0.15, 0.2) is 12.1 Å². The highest BCUT2D eigenvalue weighted by molar-refractivity contribution is 5.95. The molecule has 0 aliphatic carbocycles. The van der Waals surface area contributed by atoms with Crippen LogP contribution in [0.25, 0.3) is 0 Å². The van der Waals surface area contributed by atoms with Crippen LogP contribution < -0.4 is 16.0 Å². The van der Waals surface area contributed by atoms with Crippen LogP contribution in [-0.4, -0.2) is 77.1 Å². The van der Waals surface area contributed by atoms with Crippen LogP contribution in [0.5, 0.6) is 0 Å². The molecule has 2 atom stereocenters. The van der Waals surface area contributed by atoms with E-state index in [1.54, 1.807) is 6.07 Å². The molecule has 10 nitrogen and oxygen atoms in total. The summed E-state index contributed by atoms with van der Waals surface area (Å²) < 4.78 is 0. The first-order valence-corrected chi connectivity index (χ1v) is 11.5. The van der Waals surface area contributed by atoms with Gasteiger partial charge in [0.25, 0.3) is 0 Å². The number of aromatic nitrogens is 1. The van der Waals surface area contributed by atoms with Gasteiger partial charge in [-0.2, -0.15) is 0 Å². The number of nitrogen functional groups attached to an aromatic ring is 1. The first-order chi connectivity index (χ1) is 15.4. The Kier molecular flexibility index (Phi) is 6.66. The number of likely N-dealkylation sites (tertiary alicyclic amines) is 2. The number of anilines is 3. The maximum absolute atomic E-state index is 12.8. The fourth-order valence-electron chi connectivity index (χ4n) is 4.93. The van der Waals surface area contributed by atoms with E-state index in [0.717, 1.165) is 45.3 Å². The standard InChI is InChI=1S/C22H32N6O4/c23-19-17(24-20(29)15-5-3-12-28(13-15)22(31)32)7-8-18(25-19)27-11-4-6-16(14-27)21(30)26-9-1-2-10-26/h7-8,15-16H,1-6,9-14H2,(H2,23,25)(H,24,29)(H,31,32). The first-order valence-electron chi connectivity index (χ1n) is 11.5. The molecule has 10 heteroatoms. The number of carbonyl (C=O) groups excluding carboxylic acids is 2.